The molecule has 1 aliphatic rings. The van der Waals surface area contributed by atoms with Crippen LogP contribution in [-0.4, -0.2) is 39.3 Å². The number of anilines is 1. The third kappa shape index (κ3) is 6.55. The average Bonchev–Trinajstić information content (AvgIpc) is 3.61. The van der Waals surface area contributed by atoms with Gasteiger partial charge in [-0.15, -0.1) is 11.3 Å². The summed E-state index contributed by atoms with van der Waals surface area (Å²) in [6, 6.07) is 11.2. The molecule has 0 radical (unpaired) electrons. The molecule has 3 heterocycles. The van der Waals surface area contributed by atoms with Gasteiger partial charge in [-0.05, 0) is 61.7 Å². The first-order valence-corrected chi connectivity index (χ1v) is 14.3. The predicted octanol–water partition coefficient (Wildman–Crippen LogP) is 7.33. The molecule has 2 aromatic carbocycles. The van der Waals surface area contributed by atoms with Crippen LogP contribution in [-0.2, 0) is 34.0 Å². The van der Waals surface area contributed by atoms with Gasteiger partial charge in [-0.3, -0.25) is 15.0 Å². The summed E-state index contributed by atoms with van der Waals surface area (Å²) in [5.74, 6) is -0.264. The summed E-state index contributed by atoms with van der Waals surface area (Å²) in [5, 5.41) is 7.65. The minimum absolute atomic E-state index is 0.0427. The van der Waals surface area contributed by atoms with E-state index in [0.717, 1.165) is 53.1 Å². The van der Waals surface area contributed by atoms with Gasteiger partial charge in [-0.1, -0.05) is 23.2 Å². The SMILES string of the molecule is CCn1cc(NC(=O)OCc2cc(Cl)cc(Cl)c2)c2cc(-c3nc(CN4CCC[C@@H]4OC(C)=O)cs3)ccc21. The Labute approximate surface area is 240 Å². The first-order chi connectivity index (χ1) is 18.8. The second-order valence-corrected chi connectivity index (χ2v) is 11.1. The molecule has 0 saturated carbocycles. The van der Waals surface area contributed by atoms with Crippen LogP contribution >= 0.6 is 34.5 Å². The van der Waals surface area contributed by atoms with Gasteiger partial charge in [0.1, 0.15) is 11.6 Å². The molecule has 1 atom stereocenters. The number of carbonyl (C=O) groups excluding carboxylic acids is 2. The van der Waals surface area contributed by atoms with Crippen LogP contribution < -0.4 is 5.32 Å². The van der Waals surface area contributed by atoms with Crippen molar-refractivity contribution in [3.05, 3.63) is 69.3 Å². The van der Waals surface area contributed by atoms with Gasteiger partial charge in [0.05, 0.1) is 16.9 Å². The van der Waals surface area contributed by atoms with Gasteiger partial charge in [0.25, 0.3) is 0 Å². The van der Waals surface area contributed by atoms with E-state index in [1.807, 2.05) is 36.7 Å². The molecule has 0 spiro atoms. The third-order valence-electron chi connectivity index (χ3n) is 6.52. The maximum absolute atomic E-state index is 12.7. The Kier molecular flexibility index (Phi) is 8.42. The van der Waals surface area contributed by atoms with Crippen molar-refractivity contribution < 1.29 is 19.1 Å². The molecule has 4 aromatic rings. The van der Waals surface area contributed by atoms with E-state index in [2.05, 4.69) is 14.8 Å². The van der Waals surface area contributed by atoms with E-state index < -0.39 is 6.09 Å². The van der Waals surface area contributed by atoms with Crippen molar-refractivity contribution in [1.29, 1.82) is 0 Å². The fourth-order valence-electron chi connectivity index (χ4n) is 4.80. The summed E-state index contributed by atoms with van der Waals surface area (Å²) < 4.78 is 12.9. The summed E-state index contributed by atoms with van der Waals surface area (Å²) >= 11 is 13.7. The molecule has 8 nitrogen and oxygen atoms in total. The number of ether oxygens (including phenoxy) is 2. The number of hydrogen-bond acceptors (Lipinski definition) is 7. The largest absolute Gasteiger partial charge is 0.447 e. The molecule has 2 aromatic heterocycles. The number of nitrogens with one attached hydrogen (secondary N) is 1. The van der Waals surface area contributed by atoms with Crippen LogP contribution in [0.15, 0.2) is 48.0 Å². The Morgan fingerprint density at radius 3 is 2.72 bits per heavy atom. The predicted molar refractivity (Wildman–Crippen MR) is 154 cm³/mol. The zero-order valence-corrected chi connectivity index (χ0v) is 23.9. The van der Waals surface area contributed by atoms with Crippen molar-refractivity contribution >= 4 is 63.2 Å². The smallest absolute Gasteiger partial charge is 0.412 e. The van der Waals surface area contributed by atoms with Crippen LogP contribution in [0.3, 0.4) is 0 Å². The summed E-state index contributed by atoms with van der Waals surface area (Å²) in [5.41, 5.74) is 4.24. The second-order valence-electron chi connectivity index (χ2n) is 9.36. The van der Waals surface area contributed by atoms with Crippen molar-refractivity contribution in [2.45, 2.75) is 52.6 Å². The second kappa shape index (κ2) is 12.0. The minimum Gasteiger partial charge on any atom is -0.447 e. The van der Waals surface area contributed by atoms with E-state index in [-0.39, 0.29) is 18.8 Å². The number of nitrogens with zero attached hydrogens (tertiary/aromatic N) is 3. The maximum atomic E-state index is 12.7. The van der Waals surface area contributed by atoms with Crippen molar-refractivity contribution in [2.75, 3.05) is 11.9 Å². The van der Waals surface area contributed by atoms with Gasteiger partial charge in [-0.25, -0.2) is 9.78 Å². The van der Waals surface area contributed by atoms with E-state index in [0.29, 0.717) is 27.8 Å². The number of amides is 1. The van der Waals surface area contributed by atoms with Crippen LogP contribution in [0.2, 0.25) is 10.0 Å². The molecule has 1 saturated heterocycles. The standard InChI is InChI=1S/C28H28Cl2N4O4S/c1-3-33-14-24(32-28(36)37-15-18-9-20(29)12-21(30)10-18)23-11-19(6-7-25(23)33)27-31-22(16-39-27)13-34-8-4-5-26(34)38-17(2)35/h6-7,9-12,14,16,26H,3-5,8,13,15H2,1-2H3,(H,32,36)/t26-/m0/s1. The summed E-state index contributed by atoms with van der Waals surface area (Å²) in [7, 11) is 0. The number of hydrogen-bond donors (Lipinski definition) is 1. The highest BCUT2D eigenvalue weighted by molar-refractivity contribution is 7.13. The first-order valence-electron chi connectivity index (χ1n) is 12.7. The average molecular weight is 588 g/mol. The van der Waals surface area contributed by atoms with Crippen LogP contribution in [0, 0.1) is 0 Å². The minimum atomic E-state index is -0.573. The number of rotatable bonds is 8. The first kappa shape index (κ1) is 27.5. The highest BCUT2D eigenvalue weighted by Gasteiger charge is 2.27. The Hall–Kier alpha value is -3.11. The molecule has 11 heteroatoms. The fourth-order valence-corrected chi connectivity index (χ4v) is 6.18. The Morgan fingerprint density at radius 2 is 1.97 bits per heavy atom. The van der Waals surface area contributed by atoms with E-state index in [4.69, 9.17) is 37.7 Å². The number of aromatic nitrogens is 2. The van der Waals surface area contributed by atoms with E-state index in [1.165, 1.54) is 6.92 Å². The summed E-state index contributed by atoms with van der Waals surface area (Å²) in [6.45, 7) is 5.77. The lowest BCUT2D eigenvalue weighted by Crippen LogP contribution is -2.32. The molecule has 0 bridgehead atoms. The molecule has 1 aliphatic heterocycles. The van der Waals surface area contributed by atoms with Gasteiger partial charge >= 0.3 is 12.1 Å². The van der Waals surface area contributed by atoms with E-state index in [9.17, 15) is 9.59 Å². The summed E-state index contributed by atoms with van der Waals surface area (Å²) in [6.07, 6.45) is 2.97. The number of aryl methyl sites for hydroxylation is 1. The van der Waals surface area contributed by atoms with Gasteiger partial charge in [0, 0.05) is 59.1 Å². The van der Waals surface area contributed by atoms with Gasteiger partial charge in [-0.2, -0.15) is 0 Å². The number of carbonyl (C=O) groups is 2. The lowest BCUT2D eigenvalue weighted by atomic mass is 10.1. The molecule has 204 valence electrons. The molecule has 0 unspecified atom stereocenters. The topological polar surface area (TPSA) is 85.7 Å². The fraction of sp³-hybridized carbons (Fsp3) is 0.321. The van der Waals surface area contributed by atoms with Crippen molar-refractivity contribution in [2.24, 2.45) is 0 Å². The molecule has 39 heavy (non-hydrogen) atoms. The molecule has 1 amide bonds. The number of halogens is 2. The van der Waals surface area contributed by atoms with Crippen LogP contribution in [0.1, 0.15) is 37.9 Å². The van der Waals surface area contributed by atoms with Gasteiger partial charge in [0.15, 0.2) is 6.23 Å². The van der Waals surface area contributed by atoms with Gasteiger partial charge < -0.3 is 14.0 Å². The lowest BCUT2D eigenvalue weighted by Gasteiger charge is -2.22. The molecule has 5 rings (SSSR count). The molecular formula is C28H28Cl2N4O4S. The lowest BCUT2D eigenvalue weighted by molar-refractivity contribution is -0.154. The molecule has 0 aliphatic carbocycles. The quantitative estimate of drug-likeness (QED) is 0.218. The number of likely N-dealkylation sites (tertiary alicyclic amines) is 1. The zero-order valence-electron chi connectivity index (χ0n) is 21.6. The normalized spacial score (nSPS) is 15.5. The highest BCUT2D eigenvalue weighted by atomic mass is 35.5. The Morgan fingerprint density at radius 1 is 1.18 bits per heavy atom. The van der Waals surface area contributed by atoms with Crippen molar-refractivity contribution in [3.8, 4) is 10.6 Å². The number of esters is 1. The Balaban J connectivity index is 1.32. The Bertz CT molecular complexity index is 1500. The maximum Gasteiger partial charge on any atom is 0.412 e. The van der Waals surface area contributed by atoms with E-state index in [1.54, 1.807) is 29.5 Å². The van der Waals surface area contributed by atoms with Crippen LogP contribution in [0.25, 0.3) is 21.5 Å². The van der Waals surface area contributed by atoms with Crippen molar-refractivity contribution in [3.63, 3.8) is 0 Å². The van der Waals surface area contributed by atoms with Crippen LogP contribution in [0.4, 0.5) is 10.5 Å². The summed E-state index contributed by atoms with van der Waals surface area (Å²) in [4.78, 5) is 31.1. The van der Waals surface area contributed by atoms with Crippen molar-refractivity contribution in [1.82, 2.24) is 14.5 Å². The number of fused-ring (bicyclic) bond motifs is 1. The monoisotopic (exact) mass is 586 g/mol. The number of benzene rings is 2. The van der Waals surface area contributed by atoms with Gasteiger partial charge in [0.2, 0.25) is 0 Å². The number of thiazole rings is 1. The molecule has 1 fully saturated rings. The molecular weight excluding hydrogens is 559 g/mol. The van der Waals surface area contributed by atoms with Crippen LogP contribution in [0.5, 0.6) is 0 Å². The zero-order chi connectivity index (χ0) is 27.5. The van der Waals surface area contributed by atoms with E-state index >= 15 is 0 Å². The third-order valence-corrected chi connectivity index (χ3v) is 7.90. The molecule has 1 N–H and O–H groups in total. The highest BCUT2D eigenvalue weighted by Crippen LogP contribution is 2.33.